The molecular formula is C27H32N6O3S2. The quantitative estimate of drug-likeness (QED) is 0.394. The van der Waals surface area contributed by atoms with Gasteiger partial charge in [0.1, 0.15) is 11.6 Å². The highest BCUT2D eigenvalue weighted by Gasteiger charge is 2.26. The average molecular weight is 553 g/mol. The predicted molar refractivity (Wildman–Crippen MR) is 152 cm³/mol. The highest BCUT2D eigenvalue weighted by atomic mass is 32.2. The first kappa shape index (κ1) is 27.6. The summed E-state index contributed by atoms with van der Waals surface area (Å²) in [4.78, 5) is 40.8. The third-order valence-electron chi connectivity index (χ3n) is 6.03. The Morgan fingerprint density at radius 1 is 1.16 bits per heavy atom. The summed E-state index contributed by atoms with van der Waals surface area (Å²) in [5.74, 6) is 1.06. The van der Waals surface area contributed by atoms with Crippen molar-refractivity contribution in [3.8, 4) is 5.75 Å². The Balaban J connectivity index is 1.45. The van der Waals surface area contributed by atoms with Crippen molar-refractivity contribution in [1.82, 2.24) is 24.7 Å². The van der Waals surface area contributed by atoms with Crippen LogP contribution < -0.4 is 10.1 Å². The molecule has 1 aliphatic rings. The lowest BCUT2D eigenvalue weighted by molar-refractivity contribution is -0.127. The molecule has 38 heavy (non-hydrogen) atoms. The van der Waals surface area contributed by atoms with Crippen LogP contribution in [-0.4, -0.2) is 83.9 Å². The topological polar surface area (TPSA) is 90.9 Å². The van der Waals surface area contributed by atoms with Crippen LogP contribution in [0.25, 0.3) is 0 Å². The Labute approximate surface area is 231 Å². The van der Waals surface area contributed by atoms with Crippen molar-refractivity contribution in [2.75, 3.05) is 52.7 Å². The van der Waals surface area contributed by atoms with E-state index in [2.05, 4.69) is 32.8 Å². The van der Waals surface area contributed by atoms with E-state index >= 15 is 0 Å². The molecule has 3 heterocycles. The standard InChI is InChI=1S/C27H32N6O3S2/c1-6-24(34)32-9-11-33(12-10-32)26(35)20-14-22(18(2)13-21(20)36-5)37-25-16-29-27(38-25)30-23-8-7-19(15-28-23)17-31(3)4/h6-8,13-16H,1,9-12,17H2,2-5H3,(H,28,29,30). The van der Waals surface area contributed by atoms with Crippen LogP contribution in [0.4, 0.5) is 10.9 Å². The first-order chi connectivity index (χ1) is 18.3. The molecule has 0 atom stereocenters. The van der Waals surface area contributed by atoms with E-state index in [0.717, 1.165) is 37.7 Å². The van der Waals surface area contributed by atoms with Crippen LogP contribution in [0.2, 0.25) is 0 Å². The van der Waals surface area contributed by atoms with Crippen molar-refractivity contribution in [2.24, 2.45) is 0 Å². The van der Waals surface area contributed by atoms with E-state index in [1.54, 1.807) is 28.7 Å². The summed E-state index contributed by atoms with van der Waals surface area (Å²) in [5, 5.41) is 4.01. The number of aromatic nitrogens is 2. The zero-order chi connectivity index (χ0) is 27.2. The molecule has 0 saturated carbocycles. The molecule has 2 aromatic heterocycles. The van der Waals surface area contributed by atoms with Crippen molar-refractivity contribution < 1.29 is 14.3 Å². The molecule has 1 fully saturated rings. The number of pyridine rings is 1. The molecule has 200 valence electrons. The van der Waals surface area contributed by atoms with Crippen LogP contribution in [0, 0.1) is 6.92 Å². The van der Waals surface area contributed by atoms with Crippen LogP contribution in [-0.2, 0) is 11.3 Å². The predicted octanol–water partition coefficient (Wildman–Crippen LogP) is 4.28. The molecule has 1 saturated heterocycles. The van der Waals surface area contributed by atoms with E-state index in [-0.39, 0.29) is 11.8 Å². The number of hydrogen-bond donors (Lipinski definition) is 1. The van der Waals surface area contributed by atoms with E-state index in [1.807, 2.05) is 51.6 Å². The third-order valence-corrected chi connectivity index (χ3v) is 8.21. The molecule has 1 aromatic carbocycles. The second kappa shape index (κ2) is 12.4. The van der Waals surface area contributed by atoms with Crippen molar-refractivity contribution >= 4 is 45.9 Å². The number of ether oxygens (including phenoxy) is 1. The molecule has 0 spiro atoms. The summed E-state index contributed by atoms with van der Waals surface area (Å²) in [5.41, 5.74) is 2.66. The molecule has 1 aliphatic heterocycles. The van der Waals surface area contributed by atoms with Crippen molar-refractivity contribution in [1.29, 1.82) is 0 Å². The molecule has 9 nitrogen and oxygen atoms in total. The number of nitrogens with zero attached hydrogens (tertiary/aromatic N) is 5. The molecule has 2 amide bonds. The van der Waals surface area contributed by atoms with Gasteiger partial charge in [-0.15, -0.1) is 0 Å². The number of anilines is 2. The van der Waals surface area contributed by atoms with Gasteiger partial charge in [0.2, 0.25) is 5.91 Å². The molecule has 0 aliphatic carbocycles. The van der Waals surface area contributed by atoms with Gasteiger partial charge in [0.05, 0.1) is 23.1 Å². The Morgan fingerprint density at radius 2 is 1.89 bits per heavy atom. The van der Waals surface area contributed by atoms with Gasteiger partial charge in [-0.25, -0.2) is 9.97 Å². The first-order valence-electron chi connectivity index (χ1n) is 12.2. The maximum Gasteiger partial charge on any atom is 0.257 e. The minimum absolute atomic E-state index is 0.107. The second-order valence-corrected chi connectivity index (χ2v) is 11.5. The number of carbonyl (C=O) groups is 2. The van der Waals surface area contributed by atoms with Crippen LogP contribution in [0.3, 0.4) is 0 Å². The number of benzene rings is 1. The molecule has 1 N–H and O–H groups in total. The number of rotatable bonds is 9. The largest absolute Gasteiger partial charge is 0.496 e. The Bertz CT molecular complexity index is 1300. The lowest BCUT2D eigenvalue weighted by Crippen LogP contribution is -2.50. The van der Waals surface area contributed by atoms with Crippen LogP contribution in [0.1, 0.15) is 21.5 Å². The third kappa shape index (κ3) is 6.72. The Morgan fingerprint density at radius 3 is 2.53 bits per heavy atom. The van der Waals surface area contributed by atoms with Gasteiger partial charge in [-0.05, 0) is 56.4 Å². The molecule has 11 heteroatoms. The fraction of sp³-hybridized carbons (Fsp3) is 0.333. The molecule has 0 unspecified atom stereocenters. The Hall–Kier alpha value is -3.41. The fourth-order valence-corrected chi connectivity index (χ4v) is 6.02. The first-order valence-corrected chi connectivity index (χ1v) is 13.8. The van der Waals surface area contributed by atoms with Gasteiger partial charge in [0.15, 0.2) is 5.13 Å². The number of methoxy groups -OCH3 is 1. The summed E-state index contributed by atoms with van der Waals surface area (Å²) < 4.78 is 6.54. The molecular weight excluding hydrogens is 520 g/mol. The minimum atomic E-state index is -0.112. The summed E-state index contributed by atoms with van der Waals surface area (Å²) in [6.45, 7) is 8.27. The number of carbonyl (C=O) groups excluding carboxylic acids is 2. The number of aryl methyl sites for hydroxylation is 1. The van der Waals surface area contributed by atoms with Crippen molar-refractivity contribution in [3.63, 3.8) is 0 Å². The van der Waals surface area contributed by atoms with E-state index in [4.69, 9.17) is 4.74 Å². The van der Waals surface area contributed by atoms with Gasteiger partial charge in [-0.3, -0.25) is 9.59 Å². The van der Waals surface area contributed by atoms with E-state index in [0.29, 0.717) is 37.5 Å². The number of hydrogen-bond acceptors (Lipinski definition) is 9. The molecule has 4 rings (SSSR count). The lowest BCUT2D eigenvalue weighted by Gasteiger charge is -2.34. The number of thiazole rings is 1. The summed E-state index contributed by atoms with van der Waals surface area (Å²) >= 11 is 3.08. The van der Waals surface area contributed by atoms with Gasteiger partial charge in [-0.1, -0.05) is 35.7 Å². The number of amides is 2. The summed E-state index contributed by atoms with van der Waals surface area (Å²) in [7, 11) is 5.62. The highest BCUT2D eigenvalue weighted by molar-refractivity contribution is 8.01. The van der Waals surface area contributed by atoms with Crippen molar-refractivity contribution in [3.05, 3.63) is 66.0 Å². The average Bonchev–Trinajstić information content (AvgIpc) is 3.36. The smallest absolute Gasteiger partial charge is 0.257 e. The van der Waals surface area contributed by atoms with E-state index in [9.17, 15) is 9.59 Å². The highest BCUT2D eigenvalue weighted by Crippen LogP contribution is 2.39. The SMILES string of the molecule is C=CC(=O)N1CCN(C(=O)c2cc(Sc3cnc(Nc4ccc(CN(C)C)cn4)s3)c(C)cc2OC)CC1. The van der Waals surface area contributed by atoms with Gasteiger partial charge in [-0.2, -0.15) is 0 Å². The second-order valence-electron chi connectivity index (χ2n) is 9.14. The van der Waals surface area contributed by atoms with Gasteiger partial charge in [0.25, 0.3) is 5.91 Å². The minimum Gasteiger partial charge on any atom is -0.496 e. The monoisotopic (exact) mass is 552 g/mol. The Kier molecular flexibility index (Phi) is 9.03. The zero-order valence-electron chi connectivity index (χ0n) is 22.1. The number of piperazine rings is 1. The van der Waals surface area contributed by atoms with Gasteiger partial charge in [0, 0.05) is 43.8 Å². The molecule has 0 bridgehead atoms. The maximum atomic E-state index is 13.4. The van der Waals surface area contributed by atoms with E-state index < -0.39 is 0 Å². The summed E-state index contributed by atoms with van der Waals surface area (Å²) in [6, 6.07) is 7.79. The van der Waals surface area contributed by atoms with E-state index in [1.165, 1.54) is 17.4 Å². The maximum absolute atomic E-state index is 13.4. The number of nitrogens with one attached hydrogen (secondary N) is 1. The fourth-order valence-electron chi connectivity index (χ4n) is 4.08. The van der Waals surface area contributed by atoms with Crippen LogP contribution in [0.5, 0.6) is 5.75 Å². The van der Waals surface area contributed by atoms with Gasteiger partial charge >= 0.3 is 0 Å². The molecule has 0 radical (unpaired) electrons. The van der Waals surface area contributed by atoms with Crippen LogP contribution >= 0.6 is 23.1 Å². The summed E-state index contributed by atoms with van der Waals surface area (Å²) in [6.07, 6.45) is 4.99. The van der Waals surface area contributed by atoms with Crippen LogP contribution in [0.15, 0.2) is 58.4 Å². The van der Waals surface area contributed by atoms with Gasteiger partial charge < -0.3 is 24.8 Å². The normalized spacial score (nSPS) is 13.5. The lowest BCUT2D eigenvalue weighted by atomic mass is 10.1. The van der Waals surface area contributed by atoms with Crippen molar-refractivity contribution in [2.45, 2.75) is 22.6 Å². The zero-order valence-corrected chi connectivity index (χ0v) is 23.7. The molecule has 3 aromatic rings.